The van der Waals surface area contributed by atoms with Crippen LogP contribution >= 0.6 is 0 Å². The molecule has 0 bridgehead atoms. The van der Waals surface area contributed by atoms with Crippen molar-refractivity contribution in [3.8, 4) is 11.4 Å². The molecule has 8 nitrogen and oxygen atoms in total. The number of urea groups is 1. The maximum Gasteiger partial charge on any atom is 0.324 e. The summed E-state index contributed by atoms with van der Waals surface area (Å²) in [6, 6.07) is 7.04. The molecule has 1 fully saturated rings. The molecule has 2 heterocycles. The number of allylic oxidation sites excluding steroid dienone is 2. The molecule has 3 amide bonds. The maximum absolute atomic E-state index is 11.7. The number of benzene rings is 1. The van der Waals surface area contributed by atoms with Crippen LogP contribution in [0.2, 0.25) is 0 Å². The minimum atomic E-state index is -0.362. The zero-order valence-corrected chi connectivity index (χ0v) is 14.1. The Kier molecular flexibility index (Phi) is 4.04. The minimum absolute atomic E-state index is 0.0559. The lowest BCUT2D eigenvalue weighted by Crippen LogP contribution is -2.32. The molecule has 2 aliphatic rings. The SMILES string of the molecule is NCC1(c2nc(-c3ccc(CN4C(=O)CNC4=O)cc3)no2)CC=CC1. The van der Waals surface area contributed by atoms with E-state index in [0.717, 1.165) is 24.0 Å². The van der Waals surface area contributed by atoms with Crippen LogP contribution in [-0.2, 0) is 16.8 Å². The lowest BCUT2D eigenvalue weighted by molar-refractivity contribution is -0.125. The number of imide groups is 1. The summed E-state index contributed by atoms with van der Waals surface area (Å²) in [5.74, 6) is 0.837. The second-order valence-corrected chi connectivity index (χ2v) is 6.62. The van der Waals surface area contributed by atoms with Gasteiger partial charge in [0, 0.05) is 12.1 Å². The molecule has 0 atom stereocenters. The molecule has 0 unspecified atom stereocenters. The maximum atomic E-state index is 11.7. The van der Waals surface area contributed by atoms with E-state index < -0.39 is 0 Å². The fraction of sp³-hybridized carbons (Fsp3) is 0.333. The van der Waals surface area contributed by atoms with Gasteiger partial charge in [-0.3, -0.25) is 9.69 Å². The topological polar surface area (TPSA) is 114 Å². The highest BCUT2D eigenvalue weighted by atomic mass is 16.5. The molecule has 134 valence electrons. The Balaban J connectivity index is 1.51. The first-order valence-corrected chi connectivity index (χ1v) is 8.48. The van der Waals surface area contributed by atoms with E-state index in [-0.39, 0.29) is 30.4 Å². The largest absolute Gasteiger partial charge is 0.338 e. The Hall–Kier alpha value is -3.00. The Bertz CT molecular complexity index is 847. The molecule has 1 aromatic heterocycles. The van der Waals surface area contributed by atoms with Gasteiger partial charge in [0.05, 0.1) is 18.5 Å². The van der Waals surface area contributed by atoms with Crippen LogP contribution in [0.5, 0.6) is 0 Å². The molecule has 8 heteroatoms. The zero-order valence-electron chi connectivity index (χ0n) is 14.1. The van der Waals surface area contributed by atoms with Crippen molar-refractivity contribution in [2.24, 2.45) is 5.73 Å². The third-order valence-corrected chi connectivity index (χ3v) is 4.94. The fourth-order valence-electron chi connectivity index (χ4n) is 3.24. The number of carbonyl (C=O) groups excluding carboxylic acids is 2. The van der Waals surface area contributed by atoms with E-state index in [1.165, 1.54) is 4.90 Å². The van der Waals surface area contributed by atoms with Gasteiger partial charge in [0.1, 0.15) is 0 Å². The molecule has 4 rings (SSSR count). The van der Waals surface area contributed by atoms with Crippen molar-refractivity contribution >= 4 is 11.9 Å². The van der Waals surface area contributed by atoms with E-state index in [2.05, 4.69) is 27.6 Å². The van der Waals surface area contributed by atoms with Crippen LogP contribution < -0.4 is 11.1 Å². The third kappa shape index (κ3) is 2.78. The second kappa shape index (κ2) is 6.38. The Morgan fingerprint density at radius 3 is 2.54 bits per heavy atom. The summed E-state index contributed by atoms with van der Waals surface area (Å²) in [4.78, 5) is 29.0. The first-order chi connectivity index (χ1) is 12.6. The van der Waals surface area contributed by atoms with Gasteiger partial charge in [-0.15, -0.1) is 0 Å². The highest BCUT2D eigenvalue weighted by molar-refractivity contribution is 6.01. The van der Waals surface area contributed by atoms with Gasteiger partial charge in [-0.1, -0.05) is 41.6 Å². The van der Waals surface area contributed by atoms with Crippen molar-refractivity contribution < 1.29 is 14.1 Å². The molecule has 1 saturated heterocycles. The summed E-state index contributed by atoms with van der Waals surface area (Å²) in [7, 11) is 0. The van der Waals surface area contributed by atoms with Crippen molar-refractivity contribution in [2.45, 2.75) is 24.8 Å². The van der Waals surface area contributed by atoms with Crippen molar-refractivity contribution in [3.63, 3.8) is 0 Å². The molecule has 0 saturated carbocycles. The summed E-state index contributed by atoms with van der Waals surface area (Å²) in [5, 5.41) is 6.59. The van der Waals surface area contributed by atoms with Gasteiger partial charge in [-0.2, -0.15) is 4.98 Å². The lowest BCUT2D eigenvalue weighted by atomic mass is 9.85. The molecule has 2 aromatic rings. The Morgan fingerprint density at radius 1 is 1.19 bits per heavy atom. The smallest absolute Gasteiger partial charge is 0.324 e. The van der Waals surface area contributed by atoms with Crippen LogP contribution in [0.15, 0.2) is 40.9 Å². The normalized spacial score (nSPS) is 18.6. The van der Waals surface area contributed by atoms with Gasteiger partial charge in [-0.05, 0) is 18.4 Å². The number of rotatable bonds is 5. The average molecular weight is 353 g/mol. The van der Waals surface area contributed by atoms with E-state index in [0.29, 0.717) is 18.3 Å². The summed E-state index contributed by atoms with van der Waals surface area (Å²) in [6.07, 6.45) is 5.77. The van der Waals surface area contributed by atoms with Crippen LogP contribution in [0.1, 0.15) is 24.3 Å². The van der Waals surface area contributed by atoms with Crippen LogP contribution in [0.3, 0.4) is 0 Å². The number of nitrogens with zero attached hydrogens (tertiary/aromatic N) is 3. The van der Waals surface area contributed by atoms with E-state index >= 15 is 0 Å². The molecule has 1 aliphatic carbocycles. The standard InChI is InChI=1S/C18H19N5O3/c19-11-18(7-1-2-8-18)16-21-15(22-26-16)13-5-3-12(4-6-13)10-23-14(24)9-20-17(23)25/h1-6H,7-11,19H2,(H,20,25). The van der Waals surface area contributed by atoms with Crippen LogP contribution in [0.25, 0.3) is 11.4 Å². The monoisotopic (exact) mass is 353 g/mol. The molecule has 1 aromatic carbocycles. The second-order valence-electron chi connectivity index (χ2n) is 6.62. The number of aromatic nitrogens is 2. The van der Waals surface area contributed by atoms with Crippen molar-refractivity contribution in [1.82, 2.24) is 20.4 Å². The number of hydrogen-bond acceptors (Lipinski definition) is 6. The van der Waals surface area contributed by atoms with Gasteiger partial charge in [0.15, 0.2) is 0 Å². The molecule has 3 N–H and O–H groups in total. The number of amides is 3. The summed E-state index contributed by atoms with van der Waals surface area (Å²) >= 11 is 0. The molecule has 0 spiro atoms. The lowest BCUT2D eigenvalue weighted by Gasteiger charge is -2.21. The zero-order chi connectivity index (χ0) is 18.1. The first-order valence-electron chi connectivity index (χ1n) is 8.48. The number of nitrogens with two attached hydrogens (primary N) is 1. The van der Waals surface area contributed by atoms with E-state index in [1.54, 1.807) is 0 Å². The minimum Gasteiger partial charge on any atom is -0.338 e. The predicted octanol–water partition coefficient (Wildman–Crippen LogP) is 1.33. The van der Waals surface area contributed by atoms with Crippen LogP contribution in [0.4, 0.5) is 4.79 Å². The van der Waals surface area contributed by atoms with Gasteiger partial charge in [0.2, 0.25) is 17.6 Å². The molecule has 26 heavy (non-hydrogen) atoms. The number of hydrogen-bond donors (Lipinski definition) is 2. The summed E-state index contributed by atoms with van der Waals surface area (Å²) in [6.45, 7) is 0.747. The van der Waals surface area contributed by atoms with E-state index in [4.69, 9.17) is 10.3 Å². The van der Waals surface area contributed by atoms with E-state index in [9.17, 15) is 9.59 Å². The highest BCUT2D eigenvalue weighted by Crippen LogP contribution is 2.35. The third-order valence-electron chi connectivity index (χ3n) is 4.94. The van der Waals surface area contributed by atoms with Gasteiger partial charge in [0.25, 0.3) is 0 Å². The molecule has 0 radical (unpaired) electrons. The summed E-state index contributed by atoms with van der Waals surface area (Å²) < 4.78 is 5.48. The van der Waals surface area contributed by atoms with Gasteiger partial charge in [-0.25, -0.2) is 4.79 Å². The van der Waals surface area contributed by atoms with Crippen LogP contribution in [-0.4, -0.2) is 40.1 Å². The van der Waals surface area contributed by atoms with Crippen molar-refractivity contribution in [3.05, 3.63) is 47.9 Å². The van der Waals surface area contributed by atoms with E-state index in [1.807, 2.05) is 24.3 Å². The van der Waals surface area contributed by atoms with Crippen molar-refractivity contribution in [2.75, 3.05) is 13.1 Å². The Morgan fingerprint density at radius 2 is 1.92 bits per heavy atom. The fourth-order valence-corrected chi connectivity index (χ4v) is 3.24. The predicted molar refractivity (Wildman–Crippen MR) is 92.8 cm³/mol. The Labute approximate surface area is 150 Å². The quantitative estimate of drug-likeness (QED) is 0.619. The van der Waals surface area contributed by atoms with Crippen LogP contribution in [0, 0.1) is 0 Å². The number of carbonyl (C=O) groups is 2. The van der Waals surface area contributed by atoms with Gasteiger partial charge < -0.3 is 15.6 Å². The average Bonchev–Trinajstić information content (AvgIpc) is 3.39. The van der Waals surface area contributed by atoms with Gasteiger partial charge >= 0.3 is 6.03 Å². The van der Waals surface area contributed by atoms with Crippen molar-refractivity contribution in [1.29, 1.82) is 0 Å². The number of nitrogens with one attached hydrogen (secondary N) is 1. The molecular weight excluding hydrogens is 334 g/mol. The highest BCUT2D eigenvalue weighted by Gasteiger charge is 2.37. The molecule has 1 aliphatic heterocycles. The summed E-state index contributed by atoms with van der Waals surface area (Å²) in [5.41, 5.74) is 7.29. The molecular formula is C18H19N5O3. The first kappa shape index (κ1) is 16.5.